The minimum absolute atomic E-state index is 0.0517. The van der Waals surface area contributed by atoms with Gasteiger partial charge in [0.2, 0.25) is 0 Å². The maximum absolute atomic E-state index is 12.7. The molecule has 29 heavy (non-hydrogen) atoms. The first-order valence-electron chi connectivity index (χ1n) is 9.20. The standard InChI is InChI=1S/C22H19N3O4/c1-2-29-18-11-5-8-15(21(18)27)12-23-24-19(26)13-25-17-10-4-7-14-6-3-9-16(20(14)17)22(25)28/h3-12,27H,2,13H2,1H3,(H,24,26)/b23-12-. The van der Waals surface area contributed by atoms with E-state index in [1.54, 1.807) is 24.3 Å². The smallest absolute Gasteiger partial charge is 0.260 e. The summed E-state index contributed by atoms with van der Waals surface area (Å²) < 4.78 is 5.32. The lowest BCUT2D eigenvalue weighted by atomic mass is 10.1. The number of phenols is 1. The van der Waals surface area contributed by atoms with Gasteiger partial charge < -0.3 is 9.84 Å². The van der Waals surface area contributed by atoms with Crippen LogP contribution in [0.1, 0.15) is 22.8 Å². The van der Waals surface area contributed by atoms with Gasteiger partial charge in [-0.3, -0.25) is 14.5 Å². The van der Waals surface area contributed by atoms with E-state index in [2.05, 4.69) is 10.5 Å². The molecule has 0 aromatic heterocycles. The van der Waals surface area contributed by atoms with E-state index in [1.807, 2.05) is 37.3 Å². The molecule has 0 fully saturated rings. The normalized spacial score (nSPS) is 12.7. The van der Waals surface area contributed by atoms with Gasteiger partial charge in [-0.05, 0) is 36.6 Å². The minimum atomic E-state index is -0.445. The fourth-order valence-corrected chi connectivity index (χ4v) is 3.40. The number of ether oxygens (including phenoxy) is 1. The van der Waals surface area contributed by atoms with Crippen molar-refractivity contribution >= 4 is 34.5 Å². The van der Waals surface area contributed by atoms with Gasteiger partial charge in [0.05, 0.1) is 18.5 Å². The number of hydrogen-bond acceptors (Lipinski definition) is 5. The highest BCUT2D eigenvalue weighted by Crippen LogP contribution is 2.36. The molecular formula is C22H19N3O4. The quantitative estimate of drug-likeness (QED) is 0.501. The third-order valence-corrected chi connectivity index (χ3v) is 4.67. The number of benzene rings is 3. The molecule has 0 bridgehead atoms. The monoisotopic (exact) mass is 389 g/mol. The molecular weight excluding hydrogens is 370 g/mol. The molecule has 146 valence electrons. The number of carbonyl (C=O) groups is 2. The highest BCUT2D eigenvalue weighted by Gasteiger charge is 2.30. The Kier molecular flexibility index (Phi) is 4.87. The summed E-state index contributed by atoms with van der Waals surface area (Å²) in [7, 11) is 0. The number of hydrogen-bond donors (Lipinski definition) is 2. The van der Waals surface area contributed by atoms with Crippen LogP contribution < -0.4 is 15.1 Å². The number of aromatic hydroxyl groups is 1. The fourth-order valence-electron chi connectivity index (χ4n) is 3.40. The average molecular weight is 389 g/mol. The molecule has 0 saturated heterocycles. The van der Waals surface area contributed by atoms with Crippen LogP contribution in [0.15, 0.2) is 59.7 Å². The van der Waals surface area contributed by atoms with Gasteiger partial charge in [0.15, 0.2) is 11.5 Å². The van der Waals surface area contributed by atoms with Crippen LogP contribution >= 0.6 is 0 Å². The lowest BCUT2D eigenvalue weighted by Crippen LogP contribution is -2.37. The van der Waals surface area contributed by atoms with Crippen LogP contribution in [0.4, 0.5) is 5.69 Å². The molecule has 0 unspecified atom stereocenters. The largest absolute Gasteiger partial charge is 0.504 e. The van der Waals surface area contributed by atoms with Gasteiger partial charge in [0.1, 0.15) is 6.54 Å². The highest BCUT2D eigenvalue weighted by molar-refractivity contribution is 6.26. The topological polar surface area (TPSA) is 91.2 Å². The number of rotatable bonds is 6. The summed E-state index contributed by atoms with van der Waals surface area (Å²) in [5.74, 6) is -0.363. The van der Waals surface area contributed by atoms with Gasteiger partial charge in [-0.25, -0.2) is 5.43 Å². The van der Waals surface area contributed by atoms with E-state index >= 15 is 0 Å². The van der Waals surface area contributed by atoms with Crippen molar-refractivity contribution in [2.24, 2.45) is 5.10 Å². The van der Waals surface area contributed by atoms with Gasteiger partial charge in [0.25, 0.3) is 11.8 Å². The SMILES string of the molecule is CCOc1cccc(/C=N\NC(=O)CN2C(=O)c3cccc4cccc2c34)c1O. The van der Waals surface area contributed by atoms with Crippen LogP contribution in [0.3, 0.4) is 0 Å². The molecule has 0 aliphatic carbocycles. The predicted molar refractivity (Wildman–Crippen MR) is 111 cm³/mol. The average Bonchev–Trinajstić information content (AvgIpc) is 2.99. The Labute approximate surface area is 167 Å². The van der Waals surface area contributed by atoms with E-state index in [1.165, 1.54) is 11.1 Å². The zero-order valence-corrected chi connectivity index (χ0v) is 15.8. The van der Waals surface area contributed by atoms with Crippen molar-refractivity contribution in [1.29, 1.82) is 0 Å². The first-order chi connectivity index (χ1) is 14.1. The Morgan fingerprint density at radius 2 is 1.93 bits per heavy atom. The molecule has 0 spiro atoms. The lowest BCUT2D eigenvalue weighted by Gasteiger charge is -2.16. The van der Waals surface area contributed by atoms with Gasteiger partial charge in [-0.1, -0.05) is 30.3 Å². The maximum Gasteiger partial charge on any atom is 0.260 e. The van der Waals surface area contributed by atoms with E-state index in [-0.39, 0.29) is 18.2 Å². The summed E-state index contributed by atoms with van der Waals surface area (Å²) in [6, 6.07) is 16.2. The van der Waals surface area contributed by atoms with E-state index in [9.17, 15) is 14.7 Å². The van der Waals surface area contributed by atoms with E-state index < -0.39 is 5.91 Å². The molecule has 2 N–H and O–H groups in total. The van der Waals surface area contributed by atoms with Crippen LogP contribution in [-0.2, 0) is 4.79 Å². The van der Waals surface area contributed by atoms with Crippen molar-refractivity contribution < 1.29 is 19.4 Å². The molecule has 4 rings (SSSR count). The summed E-state index contributed by atoms with van der Waals surface area (Å²) in [5.41, 5.74) is 4.11. The predicted octanol–water partition coefficient (Wildman–Crippen LogP) is 3.05. The highest BCUT2D eigenvalue weighted by atomic mass is 16.5. The third-order valence-electron chi connectivity index (χ3n) is 4.67. The van der Waals surface area contributed by atoms with Gasteiger partial charge in [-0.15, -0.1) is 0 Å². The van der Waals surface area contributed by atoms with E-state index in [0.29, 0.717) is 29.2 Å². The molecule has 1 aliphatic heterocycles. The van der Waals surface area contributed by atoms with Crippen LogP contribution in [0, 0.1) is 0 Å². The Balaban J connectivity index is 1.46. The number of para-hydroxylation sites is 1. The van der Waals surface area contributed by atoms with Crippen LogP contribution in [0.5, 0.6) is 11.5 Å². The van der Waals surface area contributed by atoms with Crippen molar-refractivity contribution in [1.82, 2.24) is 5.43 Å². The zero-order valence-electron chi connectivity index (χ0n) is 15.8. The molecule has 7 nitrogen and oxygen atoms in total. The first kappa shape index (κ1) is 18.5. The first-order valence-corrected chi connectivity index (χ1v) is 9.20. The van der Waals surface area contributed by atoms with Gasteiger partial charge in [0, 0.05) is 16.5 Å². The number of nitrogens with one attached hydrogen (secondary N) is 1. The summed E-state index contributed by atoms with van der Waals surface area (Å²) in [6.07, 6.45) is 1.33. The number of hydrazone groups is 1. The zero-order chi connectivity index (χ0) is 20.4. The molecule has 0 radical (unpaired) electrons. The van der Waals surface area contributed by atoms with Crippen molar-refractivity contribution in [2.75, 3.05) is 18.1 Å². The van der Waals surface area contributed by atoms with E-state index in [4.69, 9.17) is 4.74 Å². The molecule has 0 atom stereocenters. The Bertz CT molecular complexity index is 1130. The van der Waals surface area contributed by atoms with Crippen molar-refractivity contribution in [3.05, 3.63) is 65.7 Å². The Morgan fingerprint density at radius 3 is 2.72 bits per heavy atom. The molecule has 3 aromatic carbocycles. The minimum Gasteiger partial charge on any atom is -0.504 e. The van der Waals surface area contributed by atoms with Crippen LogP contribution in [-0.4, -0.2) is 36.3 Å². The molecule has 7 heteroatoms. The second-order valence-electron chi connectivity index (χ2n) is 6.49. The van der Waals surface area contributed by atoms with Crippen molar-refractivity contribution in [3.8, 4) is 11.5 Å². The molecule has 3 aromatic rings. The number of anilines is 1. The van der Waals surface area contributed by atoms with Gasteiger partial charge in [-0.2, -0.15) is 5.10 Å². The maximum atomic E-state index is 12.7. The molecule has 1 heterocycles. The second kappa shape index (κ2) is 7.63. The fraction of sp³-hybridized carbons (Fsp3) is 0.136. The molecule has 0 saturated carbocycles. The molecule has 2 amide bonds. The summed E-state index contributed by atoms with van der Waals surface area (Å²) in [5, 5.41) is 15.9. The summed E-state index contributed by atoms with van der Waals surface area (Å²) in [4.78, 5) is 26.5. The Hall–Kier alpha value is -3.87. The number of nitrogens with zero attached hydrogens (tertiary/aromatic N) is 2. The number of amides is 2. The van der Waals surface area contributed by atoms with Crippen LogP contribution in [0.25, 0.3) is 10.8 Å². The summed E-state index contributed by atoms with van der Waals surface area (Å²) >= 11 is 0. The Morgan fingerprint density at radius 1 is 1.17 bits per heavy atom. The van der Waals surface area contributed by atoms with Crippen molar-refractivity contribution in [3.63, 3.8) is 0 Å². The lowest BCUT2D eigenvalue weighted by molar-refractivity contribution is -0.119. The molecule has 1 aliphatic rings. The summed E-state index contributed by atoms with van der Waals surface area (Å²) in [6.45, 7) is 2.08. The van der Waals surface area contributed by atoms with Gasteiger partial charge >= 0.3 is 0 Å². The number of carbonyl (C=O) groups excluding carboxylic acids is 2. The van der Waals surface area contributed by atoms with Crippen molar-refractivity contribution in [2.45, 2.75) is 6.92 Å². The van der Waals surface area contributed by atoms with E-state index in [0.717, 1.165) is 10.8 Å². The number of phenolic OH excluding ortho intramolecular Hbond substituents is 1. The second-order valence-corrected chi connectivity index (χ2v) is 6.49. The third kappa shape index (κ3) is 3.38. The van der Waals surface area contributed by atoms with Crippen LogP contribution in [0.2, 0.25) is 0 Å².